The van der Waals surface area contributed by atoms with Gasteiger partial charge in [0.2, 0.25) is 5.91 Å². The molecule has 1 aliphatic heterocycles. The van der Waals surface area contributed by atoms with E-state index < -0.39 is 11.6 Å². The van der Waals surface area contributed by atoms with E-state index in [0.717, 1.165) is 23.2 Å². The molecule has 0 saturated heterocycles. The second-order valence-corrected chi connectivity index (χ2v) is 8.26. The monoisotopic (exact) mass is 448 g/mol. The summed E-state index contributed by atoms with van der Waals surface area (Å²) in [5.74, 6) is -0.717. The van der Waals surface area contributed by atoms with Gasteiger partial charge in [-0.15, -0.1) is 0 Å². The Bertz CT molecular complexity index is 1420. The van der Waals surface area contributed by atoms with Crippen molar-refractivity contribution >= 4 is 40.0 Å². The van der Waals surface area contributed by atoms with E-state index in [1.807, 2.05) is 41.1 Å². The molecule has 0 aliphatic carbocycles. The van der Waals surface area contributed by atoms with Crippen LogP contribution in [0.3, 0.4) is 0 Å². The number of para-hydroxylation sites is 1. The number of imidazole rings is 1. The number of primary amides is 1. The van der Waals surface area contributed by atoms with Gasteiger partial charge in [0.25, 0.3) is 5.91 Å². The van der Waals surface area contributed by atoms with Crippen molar-refractivity contribution in [3.63, 3.8) is 0 Å². The average molecular weight is 449 g/mol. The van der Waals surface area contributed by atoms with Gasteiger partial charge < -0.3 is 10.6 Å². The number of anilines is 1. The minimum atomic E-state index is -0.783. The third-order valence-corrected chi connectivity index (χ3v) is 6.35. The number of aromatic nitrogens is 4. The van der Waals surface area contributed by atoms with Crippen molar-refractivity contribution in [2.45, 2.75) is 26.4 Å². The van der Waals surface area contributed by atoms with Crippen LogP contribution in [0.15, 0.2) is 45.9 Å². The fraction of sp³-hybridized carbons (Fsp3) is 0.227. The van der Waals surface area contributed by atoms with Crippen molar-refractivity contribution < 1.29 is 9.59 Å². The summed E-state index contributed by atoms with van der Waals surface area (Å²) < 4.78 is 2.70. The molecule has 10 heteroatoms. The zero-order valence-corrected chi connectivity index (χ0v) is 18.1. The first-order valence-electron chi connectivity index (χ1n) is 10.2. The van der Waals surface area contributed by atoms with Gasteiger partial charge in [0.05, 0.1) is 0 Å². The van der Waals surface area contributed by atoms with Gasteiger partial charge in [-0.2, -0.15) is 11.3 Å². The number of fused-ring (bicyclic) bond motifs is 2. The van der Waals surface area contributed by atoms with Crippen LogP contribution in [0.1, 0.15) is 23.0 Å². The minimum absolute atomic E-state index is 0.0740. The van der Waals surface area contributed by atoms with Crippen LogP contribution in [0.4, 0.5) is 5.69 Å². The van der Waals surface area contributed by atoms with Crippen LogP contribution in [-0.2, 0) is 24.3 Å². The van der Waals surface area contributed by atoms with Gasteiger partial charge in [-0.05, 0) is 36.4 Å². The summed E-state index contributed by atoms with van der Waals surface area (Å²) in [6, 6.07) is 9.53. The lowest BCUT2D eigenvalue weighted by Crippen LogP contribution is -2.36. The Morgan fingerprint density at radius 2 is 1.97 bits per heavy atom. The van der Waals surface area contributed by atoms with E-state index in [1.54, 1.807) is 11.8 Å². The quantitative estimate of drug-likeness (QED) is 0.501. The molecular weight excluding hydrogens is 428 g/mol. The maximum atomic E-state index is 13.2. The van der Waals surface area contributed by atoms with Crippen LogP contribution < -0.4 is 16.3 Å². The number of nitrogens with two attached hydrogens (primary N) is 1. The molecular formula is C22H20N6O3S. The first-order chi connectivity index (χ1) is 15.5. The van der Waals surface area contributed by atoms with E-state index in [1.165, 1.54) is 20.5 Å². The Hall–Kier alpha value is -3.79. The maximum absolute atomic E-state index is 13.2. The standard InChI is InChI=1S/C22H20N6O3S/c1-2-26-21-18(17(19(23)30)24-20(25-21)14-8-10-32-12-14)28(22(26)31)11-16(29)27-9-7-13-5-3-4-6-15(13)27/h3-6,8,10,12H,2,7,9,11H2,1H3,(H2,23,30). The van der Waals surface area contributed by atoms with E-state index >= 15 is 0 Å². The molecule has 0 spiro atoms. The summed E-state index contributed by atoms with van der Waals surface area (Å²) in [7, 11) is 0. The second kappa shape index (κ2) is 7.72. The molecule has 9 nitrogen and oxygen atoms in total. The summed E-state index contributed by atoms with van der Waals surface area (Å²) in [6.07, 6.45) is 0.757. The van der Waals surface area contributed by atoms with Gasteiger partial charge in [-0.25, -0.2) is 14.8 Å². The molecule has 4 aromatic rings. The van der Waals surface area contributed by atoms with Crippen LogP contribution >= 0.6 is 11.3 Å². The van der Waals surface area contributed by atoms with Crippen molar-refractivity contribution in [2.75, 3.05) is 11.4 Å². The molecule has 3 aromatic heterocycles. The molecule has 162 valence electrons. The Labute approximate surface area is 186 Å². The molecule has 32 heavy (non-hydrogen) atoms. The van der Waals surface area contributed by atoms with E-state index in [4.69, 9.17) is 5.73 Å². The molecule has 0 bridgehead atoms. The van der Waals surface area contributed by atoms with Crippen molar-refractivity contribution in [2.24, 2.45) is 5.73 Å². The van der Waals surface area contributed by atoms with Crippen molar-refractivity contribution in [1.29, 1.82) is 0 Å². The predicted molar refractivity (Wildman–Crippen MR) is 122 cm³/mol. The van der Waals surface area contributed by atoms with E-state index in [-0.39, 0.29) is 29.3 Å². The Kier molecular flexibility index (Phi) is 4.86. The van der Waals surface area contributed by atoms with E-state index in [2.05, 4.69) is 9.97 Å². The molecule has 4 heterocycles. The van der Waals surface area contributed by atoms with Gasteiger partial charge in [-0.1, -0.05) is 18.2 Å². The van der Waals surface area contributed by atoms with Crippen LogP contribution in [0.5, 0.6) is 0 Å². The summed E-state index contributed by atoms with van der Waals surface area (Å²) in [4.78, 5) is 49.3. The van der Waals surface area contributed by atoms with Gasteiger partial charge in [-0.3, -0.25) is 18.7 Å². The lowest BCUT2D eigenvalue weighted by molar-refractivity contribution is -0.119. The zero-order chi connectivity index (χ0) is 22.4. The summed E-state index contributed by atoms with van der Waals surface area (Å²) >= 11 is 1.47. The third kappa shape index (κ3) is 3.11. The molecule has 0 radical (unpaired) electrons. The second-order valence-electron chi connectivity index (χ2n) is 7.48. The van der Waals surface area contributed by atoms with Crippen LogP contribution in [0.25, 0.3) is 22.6 Å². The molecule has 2 N–H and O–H groups in total. The van der Waals surface area contributed by atoms with Gasteiger partial charge in [0, 0.05) is 29.7 Å². The van der Waals surface area contributed by atoms with Crippen molar-refractivity contribution in [1.82, 2.24) is 19.1 Å². The lowest BCUT2D eigenvalue weighted by atomic mass is 10.2. The topological polar surface area (TPSA) is 116 Å². The molecule has 2 amide bonds. The van der Waals surface area contributed by atoms with Crippen molar-refractivity contribution in [3.8, 4) is 11.4 Å². The number of carbonyl (C=O) groups excluding carboxylic acids is 2. The normalized spacial score (nSPS) is 13.0. The number of hydrogen-bond donors (Lipinski definition) is 1. The number of thiophene rings is 1. The fourth-order valence-electron chi connectivity index (χ4n) is 4.15. The maximum Gasteiger partial charge on any atom is 0.330 e. The molecule has 0 unspecified atom stereocenters. The number of benzene rings is 1. The Morgan fingerprint density at radius 3 is 2.69 bits per heavy atom. The first kappa shape index (κ1) is 20.1. The molecule has 1 aliphatic rings. The third-order valence-electron chi connectivity index (χ3n) is 5.66. The van der Waals surface area contributed by atoms with Crippen LogP contribution in [0.2, 0.25) is 0 Å². The Balaban J connectivity index is 1.65. The molecule has 0 atom stereocenters. The zero-order valence-electron chi connectivity index (χ0n) is 17.3. The largest absolute Gasteiger partial charge is 0.364 e. The SMILES string of the molecule is CCn1c(=O)n(CC(=O)N2CCc3ccccc32)c2c(C(N)=O)nc(-c3ccsc3)nc21. The summed E-state index contributed by atoms with van der Waals surface area (Å²) in [6.45, 7) is 2.43. The van der Waals surface area contributed by atoms with E-state index in [9.17, 15) is 14.4 Å². The highest BCUT2D eigenvalue weighted by Gasteiger charge is 2.28. The highest BCUT2D eigenvalue weighted by Crippen LogP contribution is 2.28. The molecule has 5 rings (SSSR count). The summed E-state index contributed by atoms with van der Waals surface area (Å²) in [5, 5.41) is 3.73. The lowest BCUT2D eigenvalue weighted by Gasteiger charge is -2.17. The first-order valence-corrected chi connectivity index (χ1v) is 11.2. The highest BCUT2D eigenvalue weighted by atomic mass is 32.1. The minimum Gasteiger partial charge on any atom is -0.364 e. The van der Waals surface area contributed by atoms with Gasteiger partial charge in [0.1, 0.15) is 12.1 Å². The average Bonchev–Trinajstić information content (AvgIpc) is 3.52. The molecule has 0 fully saturated rings. The Morgan fingerprint density at radius 1 is 1.16 bits per heavy atom. The van der Waals surface area contributed by atoms with E-state index in [0.29, 0.717) is 18.9 Å². The number of rotatable bonds is 5. The van der Waals surface area contributed by atoms with Crippen LogP contribution in [-0.4, -0.2) is 37.5 Å². The number of amides is 2. The molecule has 1 aromatic carbocycles. The van der Waals surface area contributed by atoms with Crippen LogP contribution in [0, 0.1) is 0 Å². The predicted octanol–water partition coefficient (Wildman–Crippen LogP) is 2.03. The smallest absolute Gasteiger partial charge is 0.330 e. The fourth-order valence-corrected chi connectivity index (χ4v) is 4.79. The number of carbonyl (C=O) groups is 2. The highest BCUT2D eigenvalue weighted by molar-refractivity contribution is 7.08. The number of nitrogens with zero attached hydrogens (tertiary/aromatic N) is 5. The number of aryl methyl sites for hydroxylation is 1. The van der Waals surface area contributed by atoms with Gasteiger partial charge >= 0.3 is 5.69 Å². The van der Waals surface area contributed by atoms with Crippen molar-refractivity contribution in [3.05, 3.63) is 62.8 Å². The molecule has 0 saturated carbocycles. The summed E-state index contributed by atoms with van der Waals surface area (Å²) in [5.41, 5.74) is 8.27. The number of hydrogen-bond acceptors (Lipinski definition) is 6. The van der Waals surface area contributed by atoms with Gasteiger partial charge in [0.15, 0.2) is 17.2 Å².